The molecule has 30 heavy (non-hydrogen) atoms. The van der Waals surface area contributed by atoms with Crippen LogP contribution in [0.2, 0.25) is 0 Å². The van der Waals surface area contributed by atoms with Gasteiger partial charge >= 0.3 is 0 Å². The van der Waals surface area contributed by atoms with E-state index in [1.54, 1.807) is 48.8 Å². The van der Waals surface area contributed by atoms with Crippen molar-refractivity contribution in [3.05, 3.63) is 72.8 Å². The van der Waals surface area contributed by atoms with Crippen molar-refractivity contribution in [3.8, 4) is 11.4 Å². The molecular weight excluding hydrogens is 380 g/mol. The maximum absolute atomic E-state index is 12.3. The molecule has 0 radical (unpaired) electrons. The molecule has 2 heterocycles. The molecule has 0 bridgehead atoms. The van der Waals surface area contributed by atoms with Gasteiger partial charge in [0.05, 0.1) is 19.1 Å². The van der Waals surface area contributed by atoms with Crippen LogP contribution in [0.1, 0.15) is 18.4 Å². The molecule has 1 aliphatic heterocycles. The summed E-state index contributed by atoms with van der Waals surface area (Å²) in [6.45, 7) is 0.684. The van der Waals surface area contributed by atoms with Crippen molar-refractivity contribution in [3.63, 3.8) is 0 Å². The molecule has 7 heteroatoms. The van der Waals surface area contributed by atoms with Gasteiger partial charge in [0.2, 0.25) is 11.8 Å². The summed E-state index contributed by atoms with van der Waals surface area (Å²) in [6.07, 6.45) is 9.96. The highest BCUT2D eigenvalue weighted by atomic mass is 16.5. The molecule has 1 aromatic heterocycles. The van der Waals surface area contributed by atoms with E-state index >= 15 is 0 Å². The van der Waals surface area contributed by atoms with E-state index in [1.807, 2.05) is 35.0 Å². The number of benzene rings is 2. The third kappa shape index (κ3) is 4.25. The van der Waals surface area contributed by atoms with E-state index in [-0.39, 0.29) is 11.8 Å². The molecule has 4 rings (SSSR count). The van der Waals surface area contributed by atoms with Crippen LogP contribution >= 0.6 is 0 Å². The number of methoxy groups -OCH3 is 1. The summed E-state index contributed by atoms with van der Waals surface area (Å²) in [5.74, 6) is 0.398. The van der Waals surface area contributed by atoms with Crippen molar-refractivity contribution in [1.29, 1.82) is 0 Å². The van der Waals surface area contributed by atoms with Gasteiger partial charge in [-0.25, -0.2) is 4.98 Å². The number of carbonyl (C=O) groups is 2. The predicted octanol–water partition coefficient (Wildman–Crippen LogP) is 3.66. The maximum Gasteiger partial charge on any atom is 0.248 e. The van der Waals surface area contributed by atoms with Crippen molar-refractivity contribution in [2.75, 3.05) is 23.9 Å². The second kappa shape index (κ2) is 8.65. The highest BCUT2D eigenvalue weighted by Gasteiger charge is 2.24. The number of hydrogen-bond donors (Lipinski definition) is 1. The Labute approximate surface area is 174 Å². The van der Waals surface area contributed by atoms with Gasteiger partial charge in [0, 0.05) is 48.9 Å². The number of ether oxygens (including phenoxy) is 1. The zero-order valence-corrected chi connectivity index (χ0v) is 16.6. The monoisotopic (exact) mass is 402 g/mol. The molecule has 0 aliphatic carbocycles. The molecule has 1 saturated heterocycles. The Kier molecular flexibility index (Phi) is 5.61. The molecule has 1 fully saturated rings. The second-order valence-corrected chi connectivity index (χ2v) is 6.92. The normalized spacial score (nSPS) is 13.8. The smallest absolute Gasteiger partial charge is 0.248 e. The average molecular weight is 402 g/mol. The second-order valence-electron chi connectivity index (χ2n) is 6.92. The zero-order chi connectivity index (χ0) is 20.9. The van der Waals surface area contributed by atoms with Crippen LogP contribution in [0, 0.1) is 0 Å². The van der Waals surface area contributed by atoms with Gasteiger partial charge in [0.25, 0.3) is 0 Å². The van der Waals surface area contributed by atoms with Gasteiger partial charge in [-0.2, -0.15) is 0 Å². The van der Waals surface area contributed by atoms with Crippen molar-refractivity contribution in [2.45, 2.75) is 12.8 Å². The minimum Gasteiger partial charge on any atom is -0.494 e. The summed E-state index contributed by atoms with van der Waals surface area (Å²) < 4.78 is 7.34. The van der Waals surface area contributed by atoms with E-state index in [1.165, 1.54) is 6.08 Å². The number of hydrogen-bond acceptors (Lipinski definition) is 4. The van der Waals surface area contributed by atoms with Crippen LogP contribution in [0.25, 0.3) is 11.8 Å². The number of rotatable bonds is 6. The summed E-state index contributed by atoms with van der Waals surface area (Å²) in [5, 5.41) is 2.83. The first kappa shape index (κ1) is 19.4. The fraction of sp³-hybridized carbons (Fsp3) is 0.174. The van der Waals surface area contributed by atoms with Gasteiger partial charge in [-0.3, -0.25) is 9.59 Å². The van der Waals surface area contributed by atoms with Crippen molar-refractivity contribution in [2.24, 2.45) is 0 Å². The lowest BCUT2D eigenvalue weighted by atomic mass is 10.2. The van der Waals surface area contributed by atoms with Crippen molar-refractivity contribution < 1.29 is 14.3 Å². The number of carbonyl (C=O) groups excluding carboxylic acids is 2. The lowest BCUT2D eigenvalue weighted by Gasteiger charge is -2.19. The maximum atomic E-state index is 12.3. The Balaban J connectivity index is 1.41. The van der Waals surface area contributed by atoms with Crippen LogP contribution in [0.5, 0.6) is 5.75 Å². The molecule has 3 aromatic rings. The lowest BCUT2D eigenvalue weighted by Crippen LogP contribution is -2.24. The first-order valence-corrected chi connectivity index (χ1v) is 9.70. The molecule has 152 valence electrons. The minimum atomic E-state index is -0.249. The third-order valence-electron chi connectivity index (χ3n) is 4.93. The first-order valence-electron chi connectivity index (χ1n) is 9.70. The van der Waals surface area contributed by atoms with E-state index in [9.17, 15) is 9.59 Å². The minimum absolute atomic E-state index is 0.0899. The van der Waals surface area contributed by atoms with Gasteiger partial charge in [0.1, 0.15) is 5.75 Å². The third-order valence-corrected chi connectivity index (χ3v) is 4.93. The molecule has 0 saturated carbocycles. The highest BCUT2D eigenvalue weighted by Crippen LogP contribution is 2.33. The van der Waals surface area contributed by atoms with E-state index in [4.69, 9.17) is 4.74 Å². The van der Waals surface area contributed by atoms with E-state index in [2.05, 4.69) is 10.3 Å². The summed E-state index contributed by atoms with van der Waals surface area (Å²) in [7, 11) is 1.55. The lowest BCUT2D eigenvalue weighted by molar-refractivity contribution is -0.117. The van der Waals surface area contributed by atoms with Crippen LogP contribution in [0.15, 0.2) is 67.3 Å². The van der Waals surface area contributed by atoms with Gasteiger partial charge in [-0.15, -0.1) is 0 Å². The standard InChI is InChI=1S/C23H22N4O3/c1-30-21-15-18(7-10-20(21)27-13-2-3-23(27)29)25-22(28)11-6-17-4-8-19(9-5-17)26-14-12-24-16-26/h4-12,14-16H,2-3,13H2,1H3,(H,25,28)/b11-6-. The van der Waals surface area contributed by atoms with Crippen LogP contribution < -0.4 is 15.0 Å². The predicted molar refractivity (Wildman–Crippen MR) is 116 cm³/mol. The quantitative estimate of drug-likeness (QED) is 0.639. The number of amides is 2. The van der Waals surface area contributed by atoms with Crippen molar-refractivity contribution in [1.82, 2.24) is 9.55 Å². The fourth-order valence-corrected chi connectivity index (χ4v) is 3.41. The molecule has 2 aromatic carbocycles. The number of anilines is 2. The Morgan fingerprint density at radius 3 is 2.70 bits per heavy atom. The SMILES string of the molecule is COc1cc(NC(=O)/C=C\c2ccc(-n3ccnc3)cc2)ccc1N1CCCC1=O. The summed E-state index contributed by atoms with van der Waals surface area (Å²) in [4.78, 5) is 30.1. The molecule has 0 unspecified atom stereocenters. The number of aromatic nitrogens is 2. The zero-order valence-electron chi connectivity index (χ0n) is 16.6. The molecule has 1 aliphatic rings. The van der Waals surface area contributed by atoms with Gasteiger partial charge in [0.15, 0.2) is 0 Å². The topological polar surface area (TPSA) is 76.5 Å². The Hall–Kier alpha value is -3.87. The largest absolute Gasteiger partial charge is 0.494 e. The molecule has 1 N–H and O–H groups in total. The Morgan fingerprint density at radius 1 is 1.20 bits per heavy atom. The molecule has 0 atom stereocenters. The van der Waals surface area contributed by atoms with Crippen molar-refractivity contribution >= 4 is 29.3 Å². The first-order chi connectivity index (χ1) is 14.6. The Morgan fingerprint density at radius 2 is 2.03 bits per heavy atom. The van der Waals surface area contributed by atoms with Gasteiger partial charge in [-0.1, -0.05) is 12.1 Å². The Bertz CT molecular complexity index is 1070. The summed E-state index contributed by atoms with van der Waals surface area (Å²) in [5.41, 5.74) is 3.24. The van der Waals surface area contributed by atoms with Gasteiger partial charge in [-0.05, 0) is 42.3 Å². The van der Waals surface area contributed by atoms with Gasteiger partial charge < -0.3 is 19.5 Å². The summed E-state index contributed by atoms with van der Waals surface area (Å²) in [6, 6.07) is 13.1. The number of imidazole rings is 1. The van der Waals surface area contributed by atoms with Crippen LogP contribution in [-0.4, -0.2) is 35.0 Å². The molecular formula is C23H22N4O3. The molecule has 0 spiro atoms. The van der Waals surface area contributed by atoms with Crippen LogP contribution in [-0.2, 0) is 9.59 Å². The molecule has 7 nitrogen and oxygen atoms in total. The average Bonchev–Trinajstić information content (AvgIpc) is 3.45. The highest BCUT2D eigenvalue weighted by molar-refractivity contribution is 6.02. The van der Waals surface area contributed by atoms with E-state index in [0.29, 0.717) is 24.4 Å². The number of nitrogens with zero attached hydrogens (tertiary/aromatic N) is 3. The van der Waals surface area contributed by atoms with E-state index in [0.717, 1.165) is 23.4 Å². The van der Waals surface area contributed by atoms with Crippen LogP contribution in [0.4, 0.5) is 11.4 Å². The van der Waals surface area contributed by atoms with E-state index < -0.39 is 0 Å². The number of nitrogens with one attached hydrogen (secondary N) is 1. The van der Waals surface area contributed by atoms with Crippen LogP contribution in [0.3, 0.4) is 0 Å². The summed E-state index contributed by atoms with van der Waals surface area (Å²) >= 11 is 0. The molecule has 2 amide bonds. The fourth-order valence-electron chi connectivity index (χ4n) is 3.41.